The van der Waals surface area contributed by atoms with Gasteiger partial charge in [-0.2, -0.15) is 26.3 Å². The number of aromatic amines is 2. The Balaban J connectivity index is 1.46. The van der Waals surface area contributed by atoms with Crippen LogP contribution < -0.4 is 10.8 Å². The van der Waals surface area contributed by atoms with Crippen LogP contribution in [0.3, 0.4) is 0 Å². The summed E-state index contributed by atoms with van der Waals surface area (Å²) in [6.07, 6.45) is -11.0. The Morgan fingerprint density at radius 3 is 1.41 bits per heavy atom. The fraction of sp³-hybridized carbons (Fsp3) is 0.476. The molecule has 2 aromatic heterocycles. The Bertz CT molecular complexity index is 2060. The lowest BCUT2D eigenvalue weighted by atomic mass is 9.97. The first-order valence-electron chi connectivity index (χ1n) is 19.5. The van der Waals surface area contributed by atoms with Gasteiger partial charge in [0.1, 0.15) is 17.7 Å². The molecular formula is C42H50F6N6O7. The van der Waals surface area contributed by atoms with Gasteiger partial charge in [0.25, 0.3) is 0 Å². The van der Waals surface area contributed by atoms with E-state index in [0.717, 1.165) is 18.2 Å². The fourth-order valence-electron chi connectivity index (χ4n) is 6.46. The van der Waals surface area contributed by atoms with Gasteiger partial charge in [0.2, 0.25) is 11.8 Å². The number of carbonyl (C=O) groups excluding carboxylic acids is 4. The number of alkyl halides is 6. The summed E-state index contributed by atoms with van der Waals surface area (Å²) in [4.78, 5) is 69.7. The number of hydroxylamine groups is 1. The molecule has 2 aromatic carbocycles. The van der Waals surface area contributed by atoms with Crippen LogP contribution in [0.4, 0.5) is 26.3 Å². The highest BCUT2D eigenvalue weighted by Crippen LogP contribution is 2.34. The molecular weight excluding hydrogens is 814 g/mol. The van der Waals surface area contributed by atoms with Gasteiger partial charge in [0, 0.05) is 37.5 Å². The van der Waals surface area contributed by atoms with E-state index in [-0.39, 0.29) is 29.9 Å². The van der Waals surface area contributed by atoms with Crippen LogP contribution in [0.15, 0.2) is 60.9 Å². The number of hydrogen-bond donors (Lipinski definition) is 4. The molecule has 0 aliphatic rings. The summed E-state index contributed by atoms with van der Waals surface area (Å²) in [6.45, 7) is 6.75. The molecule has 0 bridgehead atoms. The third kappa shape index (κ3) is 14.5. The van der Waals surface area contributed by atoms with Gasteiger partial charge < -0.3 is 24.8 Å². The zero-order valence-corrected chi connectivity index (χ0v) is 34.5. The third-order valence-electron chi connectivity index (χ3n) is 9.88. The number of esters is 2. The van der Waals surface area contributed by atoms with E-state index in [9.17, 15) is 45.5 Å². The van der Waals surface area contributed by atoms with Crippen LogP contribution in [-0.2, 0) is 33.5 Å². The van der Waals surface area contributed by atoms with Gasteiger partial charge in [-0.05, 0) is 46.9 Å². The molecule has 4 rings (SSSR count). The smallest absolute Gasteiger partial charge is 0.389 e. The highest BCUT2D eigenvalue weighted by atomic mass is 19.4. The topological polar surface area (TPSA) is 177 Å². The molecule has 332 valence electrons. The number of ether oxygens (including phenoxy) is 2. The SMILES string of the molecule is COC(=O)[C@@H](NC(=O)C[C@@H](CCC(F)(F)F)c1ncc(-c2ccc(-c3ccc(-c4cnc([C@H](CCC(F)(F)F)CC(=O)NO[C@H](C(=O)OC)C(C)C)[nH]4)cc3)cc2)[nH]1)C(C)C. The molecule has 0 spiro atoms. The highest BCUT2D eigenvalue weighted by molar-refractivity contribution is 5.85. The summed E-state index contributed by atoms with van der Waals surface area (Å²) in [7, 11) is 2.34. The van der Waals surface area contributed by atoms with Crippen molar-refractivity contribution in [3.63, 3.8) is 0 Å². The second-order valence-electron chi connectivity index (χ2n) is 15.3. The molecule has 61 heavy (non-hydrogen) atoms. The molecule has 0 saturated heterocycles. The first kappa shape index (κ1) is 48.0. The summed E-state index contributed by atoms with van der Waals surface area (Å²) < 4.78 is 88.9. The average molecular weight is 865 g/mol. The summed E-state index contributed by atoms with van der Waals surface area (Å²) >= 11 is 0. The van der Waals surface area contributed by atoms with Crippen LogP contribution in [0.1, 0.15) is 89.7 Å². The number of halogens is 6. The van der Waals surface area contributed by atoms with Gasteiger partial charge in [-0.15, -0.1) is 0 Å². The summed E-state index contributed by atoms with van der Waals surface area (Å²) in [6, 6.07) is 13.5. The lowest BCUT2D eigenvalue weighted by Crippen LogP contribution is -2.45. The van der Waals surface area contributed by atoms with Crippen LogP contribution in [-0.4, -0.2) is 82.4 Å². The lowest BCUT2D eigenvalue weighted by Gasteiger charge is -2.21. The Morgan fingerprint density at radius 1 is 0.623 bits per heavy atom. The number of rotatable bonds is 20. The minimum Gasteiger partial charge on any atom is -0.467 e. The first-order valence-corrected chi connectivity index (χ1v) is 19.5. The summed E-state index contributed by atoms with van der Waals surface area (Å²) in [5, 5.41) is 2.57. The summed E-state index contributed by atoms with van der Waals surface area (Å²) in [5.74, 6) is -4.95. The van der Waals surface area contributed by atoms with E-state index < -0.39 is 92.2 Å². The fourth-order valence-corrected chi connectivity index (χ4v) is 6.46. The van der Waals surface area contributed by atoms with Gasteiger partial charge in [-0.1, -0.05) is 76.2 Å². The van der Waals surface area contributed by atoms with Crippen LogP contribution in [0, 0.1) is 11.8 Å². The second-order valence-corrected chi connectivity index (χ2v) is 15.3. The van der Waals surface area contributed by atoms with Crippen molar-refractivity contribution in [2.24, 2.45) is 11.8 Å². The number of H-pyrrole nitrogens is 2. The van der Waals surface area contributed by atoms with E-state index in [1.807, 2.05) is 24.3 Å². The van der Waals surface area contributed by atoms with Crippen molar-refractivity contribution >= 4 is 23.8 Å². The van der Waals surface area contributed by atoms with Crippen LogP contribution in [0.2, 0.25) is 0 Å². The molecule has 2 amide bonds. The third-order valence-corrected chi connectivity index (χ3v) is 9.88. The van der Waals surface area contributed by atoms with Crippen LogP contribution in [0.5, 0.6) is 0 Å². The Morgan fingerprint density at radius 2 is 1.03 bits per heavy atom. The Hall–Kier alpha value is -5.72. The largest absolute Gasteiger partial charge is 0.467 e. The standard InChI is InChI=1S/C42H50F6N6O7/c1-23(2)35(39(57)59-5)53-33(55)19-29(15-17-41(43,44)45)37-49-21-31(51-37)27-11-7-25(8-12-27)26-9-13-28(14-10-26)32-22-50-38(52-32)30(16-18-42(46,47)48)20-34(56)54-61-36(24(3)4)40(58)60-6/h7-14,21-24,29-30,35-36H,15-20H2,1-6H3,(H,49,51)(H,50,52)(H,53,55)(H,54,56)/t29-,30-,35+,36+/m1/s1. The monoisotopic (exact) mass is 864 g/mol. The zero-order chi connectivity index (χ0) is 45.1. The van der Waals surface area contributed by atoms with Gasteiger partial charge in [0.15, 0.2) is 6.10 Å². The maximum absolute atomic E-state index is 13.2. The van der Waals surface area contributed by atoms with Crippen molar-refractivity contribution in [2.45, 2.75) is 103 Å². The van der Waals surface area contributed by atoms with Crippen molar-refractivity contribution in [1.82, 2.24) is 30.7 Å². The molecule has 19 heteroatoms. The second kappa shape index (κ2) is 21.2. The number of methoxy groups -OCH3 is 2. The van der Waals surface area contributed by atoms with E-state index in [2.05, 4.69) is 35.5 Å². The van der Waals surface area contributed by atoms with Crippen molar-refractivity contribution in [3.05, 3.63) is 72.6 Å². The minimum atomic E-state index is -4.47. The maximum Gasteiger partial charge on any atom is 0.389 e. The zero-order valence-electron chi connectivity index (χ0n) is 34.5. The number of benzene rings is 2. The number of imidazole rings is 2. The van der Waals surface area contributed by atoms with E-state index in [0.29, 0.717) is 22.5 Å². The minimum absolute atomic E-state index is 0.165. The van der Waals surface area contributed by atoms with Gasteiger partial charge in [0.05, 0.1) is 38.0 Å². The number of aromatic nitrogens is 4. The normalized spacial score (nSPS) is 14.0. The molecule has 2 heterocycles. The van der Waals surface area contributed by atoms with E-state index in [1.54, 1.807) is 52.0 Å². The van der Waals surface area contributed by atoms with Gasteiger partial charge >= 0.3 is 24.3 Å². The molecule has 0 aliphatic heterocycles. The predicted octanol–water partition coefficient (Wildman–Crippen LogP) is 8.33. The van der Waals surface area contributed by atoms with Crippen molar-refractivity contribution in [2.75, 3.05) is 14.2 Å². The lowest BCUT2D eigenvalue weighted by molar-refractivity contribution is -0.168. The van der Waals surface area contributed by atoms with Crippen LogP contribution >= 0.6 is 0 Å². The molecule has 0 radical (unpaired) electrons. The van der Waals surface area contributed by atoms with E-state index in [4.69, 9.17) is 9.57 Å². The van der Waals surface area contributed by atoms with Crippen molar-refractivity contribution in [3.8, 4) is 33.6 Å². The number of hydrogen-bond acceptors (Lipinski definition) is 9. The molecule has 4 N–H and O–H groups in total. The average Bonchev–Trinajstić information content (AvgIpc) is 3.90. The number of carbonyl (C=O) groups is 4. The molecule has 13 nitrogen and oxygen atoms in total. The summed E-state index contributed by atoms with van der Waals surface area (Å²) in [5.41, 5.74) is 6.15. The van der Waals surface area contributed by atoms with E-state index in [1.165, 1.54) is 19.5 Å². The molecule has 0 aliphatic carbocycles. The van der Waals surface area contributed by atoms with Crippen molar-refractivity contribution in [1.29, 1.82) is 0 Å². The molecule has 4 aromatic rings. The predicted molar refractivity (Wildman–Crippen MR) is 211 cm³/mol. The molecule has 0 unspecified atom stereocenters. The quantitative estimate of drug-likeness (QED) is 0.0387. The Kier molecular flexibility index (Phi) is 16.7. The van der Waals surface area contributed by atoms with E-state index >= 15 is 0 Å². The molecule has 0 saturated carbocycles. The number of amides is 2. The Labute approximate surface area is 348 Å². The van der Waals surface area contributed by atoms with Crippen molar-refractivity contribution < 1.29 is 59.8 Å². The first-order chi connectivity index (χ1) is 28.7. The molecule has 0 fully saturated rings. The van der Waals surface area contributed by atoms with Gasteiger partial charge in [-0.3, -0.25) is 14.4 Å². The maximum atomic E-state index is 13.2. The molecule has 4 atom stereocenters. The number of nitrogens with one attached hydrogen (secondary N) is 4. The number of nitrogens with zero attached hydrogens (tertiary/aromatic N) is 2. The van der Waals surface area contributed by atoms with Gasteiger partial charge in [-0.25, -0.2) is 25.0 Å². The highest BCUT2D eigenvalue weighted by Gasteiger charge is 2.33. The van der Waals surface area contributed by atoms with Crippen LogP contribution in [0.25, 0.3) is 33.6 Å².